The van der Waals surface area contributed by atoms with Crippen molar-refractivity contribution in [3.05, 3.63) is 83.2 Å². The quantitative estimate of drug-likeness (QED) is 0.381. The van der Waals surface area contributed by atoms with Gasteiger partial charge in [-0.05, 0) is 64.9 Å². The van der Waals surface area contributed by atoms with Crippen molar-refractivity contribution in [1.82, 2.24) is 4.90 Å². The van der Waals surface area contributed by atoms with Crippen LogP contribution in [0.2, 0.25) is 0 Å². The summed E-state index contributed by atoms with van der Waals surface area (Å²) < 4.78 is 48.1. The summed E-state index contributed by atoms with van der Waals surface area (Å²) in [7, 11) is -4.04. The van der Waals surface area contributed by atoms with Gasteiger partial charge >= 0.3 is 6.03 Å². The van der Waals surface area contributed by atoms with Gasteiger partial charge in [-0.15, -0.1) is 0 Å². The van der Waals surface area contributed by atoms with Crippen LogP contribution in [0.15, 0.2) is 65.6 Å². The van der Waals surface area contributed by atoms with Gasteiger partial charge in [-0.3, -0.25) is 4.72 Å². The predicted molar refractivity (Wildman–Crippen MR) is 143 cm³/mol. The first-order valence-corrected chi connectivity index (χ1v) is 13.7. The molecule has 4 rings (SSSR count). The predicted octanol–water partition coefficient (Wildman–Crippen LogP) is 6.26. The number of halogens is 1. The van der Waals surface area contributed by atoms with E-state index >= 15 is 0 Å². The summed E-state index contributed by atoms with van der Waals surface area (Å²) in [6.45, 7) is 9.39. The molecule has 1 aliphatic rings. The fourth-order valence-corrected chi connectivity index (χ4v) is 5.15. The summed E-state index contributed by atoms with van der Waals surface area (Å²) in [5.41, 5.74) is 3.30. The van der Waals surface area contributed by atoms with Gasteiger partial charge < -0.3 is 15.0 Å². The highest BCUT2D eigenvalue weighted by molar-refractivity contribution is 7.92. The van der Waals surface area contributed by atoms with E-state index in [2.05, 4.69) is 30.8 Å². The molecule has 0 fully saturated rings. The van der Waals surface area contributed by atoms with E-state index in [9.17, 15) is 17.6 Å². The van der Waals surface area contributed by atoms with Crippen molar-refractivity contribution in [2.24, 2.45) is 0 Å². The van der Waals surface area contributed by atoms with Crippen LogP contribution < -0.4 is 14.8 Å². The lowest BCUT2D eigenvalue weighted by Gasteiger charge is -2.20. The second kappa shape index (κ2) is 10.4. The number of amides is 2. The van der Waals surface area contributed by atoms with E-state index in [1.807, 2.05) is 31.2 Å². The monoisotopic (exact) mass is 525 g/mol. The van der Waals surface area contributed by atoms with Gasteiger partial charge in [0.05, 0.1) is 17.2 Å². The molecule has 0 saturated carbocycles. The number of urea groups is 1. The average Bonchev–Trinajstić information content (AvgIpc) is 3.28. The van der Waals surface area contributed by atoms with Crippen molar-refractivity contribution in [3.8, 4) is 5.75 Å². The van der Waals surface area contributed by atoms with Gasteiger partial charge in [0.1, 0.15) is 5.75 Å². The van der Waals surface area contributed by atoms with Gasteiger partial charge in [-0.2, -0.15) is 0 Å². The summed E-state index contributed by atoms with van der Waals surface area (Å²) in [5, 5.41) is 2.90. The lowest BCUT2D eigenvalue weighted by molar-refractivity contribution is 0.212. The number of benzene rings is 3. The van der Waals surface area contributed by atoms with Crippen LogP contribution in [-0.4, -0.2) is 26.0 Å². The third-order valence-corrected chi connectivity index (χ3v) is 7.52. The number of carbonyl (C=O) groups excluding carboxylic acids is 1. The van der Waals surface area contributed by atoms with Gasteiger partial charge in [0.2, 0.25) is 0 Å². The summed E-state index contributed by atoms with van der Waals surface area (Å²) in [4.78, 5) is 14.5. The van der Waals surface area contributed by atoms with E-state index in [-0.39, 0.29) is 28.6 Å². The van der Waals surface area contributed by atoms with Gasteiger partial charge in [0.25, 0.3) is 10.0 Å². The highest BCUT2D eigenvalue weighted by Gasteiger charge is 2.26. The summed E-state index contributed by atoms with van der Waals surface area (Å²) in [6.07, 6.45) is 0.776. The van der Waals surface area contributed by atoms with Gasteiger partial charge in [-0.1, -0.05) is 45.9 Å². The molecule has 1 heterocycles. The highest BCUT2D eigenvalue weighted by Crippen LogP contribution is 2.29. The molecule has 1 aliphatic heterocycles. The van der Waals surface area contributed by atoms with Crippen molar-refractivity contribution >= 4 is 27.4 Å². The third-order valence-electron chi connectivity index (χ3n) is 6.16. The number of hydrogen-bond acceptors (Lipinski definition) is 4. The van der Waals surface area contributed by atoms with Crippen LogP contribution in [0.25, 0.3) is 0 Å². The Kier molecular flexibility index (Phi) is 7.45. The maximum atomic E-state index is 14.5. The second-order valence-electron chi connectivity index (χ2n) is 10.1. The first-order chi connectivity index (χ1) is 17.5. The van der Waals surface area contributed by atoms with E-state index in [4.69, 9.17) is 4.74 Å². The second-order valence-corrected chi connectivity index (χ2v) is 11.8. The first-order valence-electron chi connectivity index (χ1n) is 12.2. The Bertz CT molecular complexity index is 1400. The number of nitrogens with zero attached hydrogens (tertiary/aromatic N) is 1. The van der Waals surface area contributed by atoms with Crippen LogP contribution in [0, 0.1) is 5.82 Å². The number of fused-ring (bicyclic) bond motifs is 1. The molecule has 0 spiro atoms. The van der Waals surface area contributed by atoms with E-state index < -0.39 is 15.8 Å². The minimum absolute atomic E-state index is 0.00279. The van der Waals surface area contributed by atoms with Crippen LogP contribution in [0.5, 0.6) is 5.75 Å². The molecular weight excluding hydrogens is 493 g/mol. The van der Waals surface area contributed by atoms with Crippen molar-refractivity contribution in [2.45, 2.75) is 57.5 Å². The van der Waals surface area contributed by atoms with Gasteiger partial charge in [0, 0.05) is 24.8 Å². The summed E-state index contributed by atoms with van der Waals surface area (Å²) in [5.74, 6) is -0.389. The van der Waals surface area contributed by atoms with Crippen LogP contribution in [0.3, 0.4) is 0 Å². The fourth-order valence-electron chi connectivity index (χ4n) is 4.03. The number of anilines is 2. The molecule has 7 nitrogen and oxygen atoms in total. The maximum Gasteiger partial charge on any atom is 0.322 e. The Morgan fingerprint density at radius 3 is 2.35 bits per heavy atom. The molecule has 3 aromatic carbocycles. The molecule has 37 heavy (non-hydrogen) atoms. The molecule has 3 aromatic rings. The molecule has 0 saturated heterocycles. The lowest BCUT2D eigenvalue weighted by atomic mass is 9.87. The number of hydrogen-bond donors (Lipinski definition) is 2. The summed E-state index contributed by atoms with van der Waals surface area (Å²) in [6, 6.07) is 16.2. The van der Waals surface area contributed by atoms with Crippen molar-refractivity contribution in [3.63, 3.8) is 0 Å². The van der Waals surface area contributed by atoms with Crippen LogP contribution in [-0.2, 0) is 28.5 Å². The Hall–Kier alpha value is -3.59. The van der Waals surface area contributed by atoms with Gasteiger partial charge in [-0.25, -0.2) is 17.6 Å². The number of ether oxygens (including phenoxy) is 1. The SMILES string of the molecule is CCCOc1ccc(NS(=O)(=O)c2ccc3c(c2)CN(C(=O)Nc2ccc(C(C)(C)C)cc2)C3)c(F)c1. The van der Waals surface area contributed by atoms with Crippen molar-refractivity contribution in [1.29, 1.82) is 0 Å². The van der Waals surface area contributed by atoms with E-state index in [1.165, 1.54) is 29.8 Å². The normalized spacial score (nSPS) is 13.3. The van der Waals surface area contributed by atoms with E-state index in [0.717, 1.165) is 23.6 Å². The fraction of sp³-hybridized carbons (Fsp3) is 0.321. The molecular formula is C28H32FN3O4S. The number of rotatable bonds is 7. The number of nitrogens with one attached hydrogen (secondary N) is 2. The molecule has 0 radical (unpaired) electrons. The standard InChI is InChI=1S/C28H32FN3O4S/c1-5-14-36-23-11-13-26(25(29)16-23)31-37(34,35)24-12-6-19-17-32(18-20(19)15-24)27(33)30-22-9-7-21(8-10-22)28(2,3)4/h6-13,15-16,31H,5,14,17-18H2,1-4H3,(H,30,33). The van der Waals surface area contributed by atoms with Crippen molar-refractivity contribution < 1.29 is 22.3 Å². The average molecular weight is 526 g/mol. The zero-order chi connectivity index (χ0) is 26.8. The topological polar surface area (TPSA) is 87.7 Å². The zero-order valence-corrected chi connectivity index (χ0v) is 22.3. The molecule has 0 aromatic heterocycles. The molecule has 0 bridgehead atoms. The Balaban J connectivity index is 1.43. The highest BCUT2D eigenvalue weighted by atomic mass is 32.2. The largest absolute Gasteiger partial charge is 0.493 e. The van der Waals surface area contributed by atoms with Crippen molar-refractivity contribution in [2.75, 3.05) is 16.6 Å². The number of carbonyl (C=O) groups is 1. The van der Waals surface area contributed by atoms with Crippen LogP contribution in [0.1, 0.15) is 50.8 Å². The summed E-state index contributed by atoms with van der Waals surface area (Å²) >= 11 is 0. The van der Waals surface area contributed by atoms with Crippen LogP contribution >= 0.6 is 0 Å². The lowest BCUT2D eigenvalue weighted by Crippen LogP contribution is -2.30. The Labute approximate surface area is 217 Å². The smallest absolute Gasteiger partial charge is 0.322 e. The van der Waals surface area contributed by atoms with E-state index in [1.54, 1.807) is 11.0 Å². The number of sulfonamides is 1. The minimum atomic E-state index is -4.04. The maximum absolute atomic E-state index is 14.5. The van der Waals surface area contributed by atoms with Gasteiger partial charge in [0.15, 0.2) is 5.82 Å². The van der Waals surface area contributed by atoms with Crippen LogP contribution in [0.4, 0.5) is 20.6 Å². The molecule has 0 aliphatic carbocycles. The Morgan fingerprint density at radius 1 is 1.00 bits per heavy atom. The molecule has 0 atom stereocenters. The molecule has 2 N–H and O–H groups in total. The first kappa shape index (κ1) is 26.5. The molecule has 2 amide bonds. The van der Waals surface area contributed by atoms with E-state index in [0.29, 0.717) is 24.6 Å². The minimum Gasteiger partial charge on any atom is -0.493 e. The zero-order valence-electron chi connectivity index (χ0n) is 21.5. The molecule has 196 valence electrons. The Morgan fingerprint density at radius 2 is 1.70 bits per heavy atom. The molecule has 0 unspecified atom stereocenters. The third kappa shape index (κ3) is 6.22. The molecule has 9 heteroatoms.